The number of halogens is 3. The number of carboxylic acid groups (broad SMARTS) is 1. The van der Waals surface area contributed by atoms with Crippen LogP contribution in [0.2, 0.25) is 0 Å². The number of hydrogen-bond acceptors (Lipinski definition) is 1. The molecule has 0 unspecified atom stereocenters. The van der Waals surface area contributed by atoms with Crippen LogP contribution in [-0.2, 0) is 11.2 Å². The van der Waals surface area contributed by atoms with Gasteiger partial charge in [0.2, 0.25) is 0 Å². The van der Waals surface area contributed by atoms with Gasteiger partial charge in [-0.25, -0.2) is 8.78 Å². The lowest BCUT2D eigenvalue weighted by Crippen LogP contribution is -1.99. The summed E-state index contributed by atoms with van der Waals surface area (Å²) in [6.07, 6.45) is 0.0663. The van der Waals surface area contributed by atoms with Crippen LogP contribution in [0.4, 0.5) is 8.78 Å². The van der Waals surface area contributed by atoms with Crippen molar-refractivity contribution in [2.45, 2.75) is 12.8 Å². The lowest BCUT2D eigenvalue weighted by molar-refractivity contribution is -0.136. The molecule has 0 spiro atoms. The highest BCUT2D eigenvalue weighted by Gasteiger charge is 2.11. The van der Waals surface area contributed by atoms with E-state index in [-0.39, 0.29) is 17.3 Å². The standard InChI is InChI=1S/C9H7BrF2O2/c10-8-5(2-4-7(13)14)1-3-6(11)9(8)12/h1,3H,2,4H2,(H,13,14). The number of carbonyl (C=O) groups is 1. The molecule has 1 aromatic rings. The molecule has 0 amide bonds. The summed E-state index contributed by atoms with van der Waals surface area (Å²) in [5.74, 6) is -2.90. The van der Waals surface area contributed by atoms with Crippen molar-refractivity contribution in [2.24, 2.45) is 0 Å². The first kappa shape index (κ1) is 11.1. The normalized spacial score (nSPS) is 10.2. The summed E-state index contributed by atoms with van der Waals surface area (Å²) in [5, 5.41) is 8.41. The smallest absolute Gasteiger partial charge is 0.303 e. The molecule has 0 bridgehead atoms. The van der Waals surface area contributed by atoms with E-state index in [9.17, 15) is 13.6 Å². The van der Waals surface area contributed by atoms with E-state index in [2.05, 4.69) is 15.9 Å². The molecule has 2 nitrogen and oxygen atoms in total. The molecule has 0 aliphatic carbocycles. The second kappa shape index (κ2) is 4.50. The van der Waals surface area contributed by atoms with Crippen LogP contribution in [0.25, 0.3) is 0 Å². The molecule has 1 rings (SSSR count). The van der Waals surface area contributed by atoms with Crippen LogP contribution in [0, 0.1) is 11.6 Å². The third-order valence-electron chi connectivity index (χ3n) is 1.72. The zero-order valence-corrected chi connectivity index (χ0v) is 8.64. The predicted molar refractivity (Wildman–Crippen MR) is 50.0 cm³/mol. The van der Waals surface area contributed by atoms with Crippen LogP contribution in [-0.4, -0.2) is 11.1 Å². The Balaban J connectivity index is 2.88. The van der Waals surface area contributed by atoms with Gasteiger partial charge in [0, 0.05) is 6.42 Å². The molecule has 0 atom stereocenters. The second-order valence-corrected chi connectivity index (χ2v) is 3.52. The van der Waals surface area contributed by atoms with E-state index in [1.807, 2.05) is 0 Å². The van der Waals surface area contributed by atoms with Crippen molar-refractivity contribution >= 4 is 21.9 Å². The van der Waals surface area contributed by atoms with E-state index in [0.29, 0.717) is 5.56 Å². The van der Waals surface area contributed by atoms with Crippen molar-refractivity contribution in [3.8, 4) is 0 Å². The summed E-state index contributed by atoms with van der Waals surface area (Å²) in [6, 6.07) is 2.35. The molecule has 0 aliphatic rings. The minimum atomic E-state index is -0.979. The van der Waals surface area contributed by atoms with Crippen LogP contribution in [0.3, 0.4) is 0 Å². The van der Waals surface area contributed by atoms with E-state index in [0.717, 1.165) is 6.07 Å². The summed E-state index contributed by atoms with van der Waals surface area (Å²) < 4.78 is 25.6. The highest BCUT2D eigenvalue weighted by Crippen LogP contribution is 2.23. The van der Waals surface area contributed by atoms with E-state index >= 15 is 0 Å². The highest BCUT2D eigenvalue weighted by molar-refractivity contribution is 9.10. The molecule has 0 aliphatic heterocycles. The lowest BCUT2D eigenvalue weighted by Gasteiger charge is -2.03. The van der Waals surface area contributed by atoms with Crippen molar-refractivity contribution in [1.82, 2.24) is 0 Å². The fraction of sp³-hybridized carbons (Fsp3) is 0.222. The molecular weight excluding hydrogens is 258 g/mol. The quantitative estimate of drug-likeness (QED) is 0.853. The number of rotatable bonds is 3. The van der Waals surface area contributed by atoms with Crippen LogP contribution >= 0.6 is 15.9 Å². The van der Waals surface area contributed by atoms with Gasteiger partial charge in [-0.2, -0.15) is 0 Å². The van der Waals surface area contributed by atoms with Gasteiger partial charge >= 0.3 is 5.97 Å². The first-order valence-electron chi connectivity index (χ1n) is 3.86. The molecule has 0 aromatic heterocycles. The van der Waals surface area contributed by atoms with Crippen LogP contribution < -0.4 is 0 Å². The Morgan fingerprint density at radius 3 is 2.64 bits per heavy atom. The number of hydrogen-bond donors (Lipinski definition) is 1. The molecular formula is C9H7BrF2O2. The molecule has 0 saturated heterocycles. The van der Waals surface area contributed by atoms with Crippen LogP contribution in [0.5, 0.6) is 0 Å². The fourth-order valence-electron chi connectivity index (χ4n) is 1.00. The molecule has 76 valence electrons. The first-order chi connectivity index (χ1) is 6.52. The van der Waals surface area contributed by atoms with Gasteiger partial charge in [-0.05, 0) is 34.0 Å². The van der Waals surface area contributed by atoms with Gasteiger partial charge in [0.25, 0.3) is 0 Å². The third kappa shape index (κ3) is 2.51. The molecule has 0 fully saturated rings. The molecule has 0 saturated carbocycles. The Morgan fingerprint density at radius 2 is 2.07 bits per heavy atom. The maximum Gasteiger partial charge on any atom is 0.303 e. The van der Waals surface area contributed by atoms with E-state index in [1.54, 1.807) is 0 Å². The van der Waals surface area contributed by atoms with Crippen molar-refractivity contribution in [2.75, 3.05) is 0 Å². The average molecular weight is 265 g/mol. The van der Waals surface area contributed by atoms with Crippen LogP contribution in [0.15, 0.2) is 16.6 Å². The van der Waals surface area contributed by atoms with E-state index in [1.165, 1.54) is 6.07 Å². The molecule has 0 radical (unpaired) electrons. The number of aryl methyl sites for hydroxylation is 1. The number of benzene rings is 1. The van der Waals surface area contributed by atoms with Gasteiger partial charge in [0.15, 0.2) is 11.6 Å². The zero-order chi connectivity index (χ0) is 10.7. The van der Waals surface area contributed by atoms with Crippen molar-refractivity contribution < 1.29 is 18.7 Å². The lowest BCUT2D eigenvalue weighted by atomic mass is 10.1. The monoisotopic (exact) mass is 264 g/mol. The summed E-state index contributed by atoms with van der Waals surface area (Å²) in [7, 11) is 0. The molecule has 5 heteroatoms. The maximum atomic E-state index is 12.9. The average Bonchev–Trinajstić information content (AvgIpc) is 2.13. The summed E-state index contributed by atoms with van der Waals surface area (Å²) >= 11 is 2.87. The summed E-state index contributed by atoms with van der Waals surface area (Å²) in [6.45, 7) is 0. The summed E-state index contributed by atoms with van der Waals surface area (Å²) in [5.41, 5.74) is 0.450. The van der Waals surface area contributed by atoms with E-state index in [4.69, 9.17) is 5.11 Å². The largest absolute Gasteiger partial charge is 0.481 e. The predicted octanol–water partition coefficient (Wildman–Crippen LogP) is 2.74. The molecule has 1 N–H and O–H groups in total. The van der Waals surface area contributed by atoms with Gasteiger partial charge in [0.1, 0.15) is 0 Å². The Hall–Kier alpha value is -0.970. The first-order valence-corrected chi connectivity index (χ1v) is 4.66. The Morgan fingerprint density at radius 1 is 1.43 bits per heavy atom. The second-order valence-electron chi connectivity index (χ2n) is 2.73. The van der Waals surface area contributed by atoms with Crippen LogP contribution in [0.1, 0.15) is 12.0 Å². The van der Waals surface area contributed by atoms with Gasteiger partial charge in [-0.1, -0.05) is 6.07 Å². The Bertz CT molecular complexity index is 366. The highest BCUT2D eigenvalue weighted by atomic mass is 79.9. The molecule has 0 heterocycles. The summed E-state index contributed by atoms with van der Waals surface area (Å²) in [4.78, 5) is 10.3. The van der Waals surface area contributed by atoms with Gasteiger partial charge in [-0.15, -0.1) is 0 Å². The van der Waals surface area contributed by atoms with E-state index < -0.39 is 17.6 Å². The minimum absolute atomic E-state index is 0.00116. The van der Waals surface area contributed by atoms with Gasteiger partial charge in [0.05, 0.1) is 4.47 Å². The Kier molecular flexibility index (Phi) is 3.57. The SMILES string of the molecule is O=C(O)CCc1ccc(F)c(F)c1Br. The van der Waals surface area contributed by atoms with Gasteiger partial charge < -0.3 is 5.11 Å². The third-order valence-corrected chi connectivity index (χ3v) is 2.58. The minimum Gasteiger partial charge on any atom is -0.481 e. The maximum absolute atomic E-state index is 12.9. The van der Waals surface area contributed by atoms with Crippen molar-refractivity contribution in [1.29, 1.82) is 0 Å². The number of aliphatic carboxylic acids is 1. The van der Waals surface area contributed by atoms with Crippen molar-refractivity contribution in [3.63, 3.8) is 0 Å². The molecule has 14 heavy (non-hydrogen) atoms. The van der Waals surface area contributed by atoms with Crippen molar-refractivity contribution in [3.05, 3.63) is 33.8 Å². The fourth-order valence-corrected chi connectivity index (χ4v) is 1.52. The number of carboxylic acids is 1. The Labute approximate surface area is 87.7 Å². The zero-order valence-electron chi connectivity index (χ0n) is 7.06. The topological polar surface area (TPSA) is 37.3 Å². The van der Waals surface area contributed by atoms with Gasteiger partial charge in [-0.3, -0.25) is 4.79 Å². The molecule has 1 aromatic carbocycles.